The number of pyridine rings is 2. The van der Waals surface area contributed by atoms with Gasteiger partial charge in [-0.1, -0.05) is 42.5 Å². The van der Waals surface area contributed by atoms with E-state index in [1.165, 1.54) is 12.7 Å². The van der Waals surface area contributed by atoms with Crippen LogP contribution in [-0.2, 0) is 6.54 Å². The molecule has 3 aromatic carbocycles. The molecule has 44 heavy (non-hydrogen) atoms. The summed E-state index contributed by atoms with van der Waals surface area (Å²) in [4.78, 5) is 40.1. The minimum Gasteiger partial charge on any atom is -0.491 e. The van der Waals surface area contributed by atoms with Crippen LogP contribution in [0.1, 0.15) is 18.4 Å². The maximum absolute atomic E-state index is 11.9. The van der Waals surface area contributed by atoms with Gasteiger partial charge in [-0.3, -0.25) is 19.1 Å². The van der Waals surface area contributed by atoms with Crippen molar-refractivity contribution in [2.45, 2.75) is 25.4 Å². The van der Waals surface area contributed by atoms with E-state index in [-0.39, 0.29) is 11.8 Å². The van der Waals surface area contributed by atoms with E-state index in [1.807, 2.05) is 41.1 Å². The van der Waals surface area contributed by atoms with E-state index in [0.29, 0.717) is 17.3 Å². The lowest BCUT2D eigenvalue weighted by atomic mass is 10.0. The van der Waals surface area contributed by atoms with Gasteiger partial charge in [0.15, 0.2) is 17.2 Å². The molecule has 10 nitrogen and oxygen atoms in total. The number of nitrogens with two attached hydrogens (primary N) is 1. The number of piperidine rings is 1. The molecule has 0 amide bonds. The van der Waals surface area contributed by atoms with Gasteiger partial charge in [0.2, 0.25) is 0 Å². The number of benzene rings is 2. The normalized spacial score (nSPS) is 14.3. The number of ether oxygens (including phenoxy) is 1. The minimum atomic E-state index is -0.552. The summed E-state index contributed by atoms with van der Waals surface area (Å²) in [5.41, 5.74) is 12.0. The second kappa shape index (κ2) is 11.4. The van der Waals surface area contributed by atoms with E-state index in [9.17, 15) is 9.59 Å². The molecule has 7 rings (SSSR count). The van der Waals surface area contributed by atoms with Crippen LogP contribution >= 0.6 is 0 Å². The predicted molar refractivity (Wildman–Crippen MR) is 172 cm³/mol. The number of nitrogens with zero attached hydrogens (tertiary/aromatic N) is 5. The highest BCUT2D eigenvalue weighted by molar-refractivity contribution is 5.85. The first-order valence-corrected chi connectivity index (χ1v) is 14.6. The fraction of sp³-hybridized carbons (Fsp3) is 0.206. The van der Waals surface area contributed by atoms with Crippen molar-refractivity contribution in [2.75, 3.05) is 31.2 Å². The van der Waals surface area contributed by atoms with Crippen molar-refractivity contribution >= 4 is 22.7 Å². The number of methoxy groups -OCH3 is 1. The van der Waals surface area contributed by atoms with Crippen molar-refractivity contribution in [3.8, 4) is 34.0 Å². The van der Waals surface area contributed by atoms with E-state index in [2.05, 4.69) is 57.7 Å². The second-order valence-corrected chi connectivity index (χ2v) is 11.1. The van der Waals surface area contributed by atoms with Crippen molar-refractivity contribution in [2.24, 2.45) is 0 Å². The Morgan fingerprint density at radius 2 is 1.70 bits per heavy atom. The van der Waals surface area contributed by atoms with Gasteiger partial charge in [0.05, 0.1) is 12.7 Å². The summed E-state index contributed by atoms with van der Waals surface area (Å²) in [6, 6.07) is 24.6. The maximum Gasteiger partial charge on any atom is 0.271 e. The Morgan fingerprint density at radius 1 is 0.932 bits per heavy atom. The predicted octanol–water partition coefficient (Wildman–Crippen LogP) is 4.41. The number of hydrogen-bond acceptors (Lipinski definition) is 9. The number of rotatable bonds is 8. The van der Waals surface area contributed by atoms with Crippen LogP contribution in [0.4, 0.5) is 11.5 Å². The van der Waals surface area contributed by atoms with E-state index in [0.717, 1.165) is 66.0 Å². The Hall–Kier alpha value is -5.35. The summed E-state index contributed by atoms with van der Waals surface area (Å²) in [7, 11) is 1.41. The van der Waals surface area contributed by atoms with Crippen molar-refractivity contribution in [3.05, 3.63) is 111 Å². The van der Waals surface area contributed by atoms with E-state index in [1.54, 1.807) is 6.20 Å². The van der Waals surface area contributed by atoms with E-state index < -0.39 is 10.9 Å². The lowest BCUT2D eigenvalue weighted by molar-refractivity contribution is 0.211. The summed E-state index contributed by atoms with van der Waals surface area (Å²) in [5.74, 6) is 1.23. The average molecular weight is 586 g/mol. The summed E-state index contributed by atoms with van der Waals surface area (Å²) in [6.45, 7) is 2.56. The van der Waals surface area contributed by atoms with Crippen LogP contribution in [0.2, 0.25) is 0 Å². The third-order valence-corrected chi connectivity index (χ3v) is 8.29. The molecule has 0 atom stereocenters. The molecule has 1 fully saturated rings. The molecule has 3 N–H and O–H groups in total. The van der Waals surface area contributed by atoms with Gasteiger partial charge in [0.1, 0.15) is 17.0 Å². The first-order chi connectivity index (χ1) is 21.5. The zero-order chi connectivity index (χ0) is 30.2. The number of anilines is 2. The van der Waals surface area contributed by atoms with Gasteiger partial charge < -0.3 is 15.8 Å². The Kier molecular flexibility index (Phi) is 7.11. The third-order valence-electron chi connectivity index (χ3n) is 8.29. The Bertz CT molecular complexity index is 2020. The summed E-state index contributed by atoms with van der Waals surface area (Å²) < 4.78 is 7.10. The zero-order valence-corrected chi connectivity index (χ0v) is 24.2. The molecular weight excluding hydrogens is 554 g/mol. The summed E-state index contributed by atoms with van der Waals surface area (Å²) in [6.07, 6.45) is 5.29. The van der Waals surface area contributed by atoms with Crippen molar-refractivity contribution in [1.82, 2.24) is 24.4 Å². The number of aromatic nitrogens is 4. The fourth-order valence-electron chi connectivity index (χ4n) is 5.93. The Morgan fingerprint density at radius 3 is 2.43 bits per heavy atom. The maximum atomic E-state index is 11.9. The molecule has 1 aliphatic heterocycles. The van der Waals surface area contributed by atoms with Gasteiger partial charge in [0.25, 0.3) is 10.9 Å². The van der Waals surface area contributed by atoms with Gasteiger partial charge in [-0.25, -0.2) is 15.0 Å². The lowest BCUT2D eigenvalue weighted by Crippen LogP contribution is -2.42. The SMILES string of the molecule is COc1c(NC2CCN(Cc3ccc(-n4c(-c5cccnc5N)nc5cc(-c6ccccc6)cnc54)cc3)CC2)c(=O)c1=O. The van der Waals surface area contributed by atoms with Gasteiger partial charge in [-0.2, -0.15) is 0 Å². The van der Waals surface area contributed by atoms with Crippen LogP contribution in [0, 0.1) is 0 Å². The molecule has 6 aromatic rings. The first-order valence-electron chi connectivity index (χ1n) is 14.6. The third kappa shape index (κ3) is 4.99. The standard InChI is InChI=1S/C34H31N7O3/c1-44-31-28(29(42)30(31)43)38-24-13-16-40(17-14-24)20-21-9-11-25(12-10-21)41-33(26-8-5-15-36-32(26)35)39-27-18-23(19-37-34(27)41)22-6-3-2-4-7-22/h2-12,15,18-19,24,38H,13-14,16-17,20H2,1H3,(H2,35,36). The minimum absolute atomic E-state index is 0.133. The molecule has 0 saturated carbocycles. The molecule has 0 bridgehead atoms. The van der Waals surface area contributed by atoms with Gasteiger partial charge >= 0.3 is 0 Å². The Labute approximate surface area is 253 Å². The molecule has 0 unspecified atom stereocenters. The lowest BCUT2D eigenvalue weighted by Gasteiger charge is -2.33. The summed E-state index contributed by atoms with van der Waals surface area (Å²) >= 11 is 0. The van der Waals surface area contributed by atoms with Gasteiger partial charge in [-0.15, -0.1) is 0 Å². The molecule has 0 aliphatic carbocycles. The van der Waals surface area contributed by atoms with Gasteiger partial charge in [0, 0.05) is 49.3 Å². The van der Waals surface area contributed by atoms with Crippen LogP contribution < -0.4 is 26.6 Å². The number of nitrogens with one attached hydrogen (secondary N) is 1. The monoisotopic (exact) mass is 585 g/mol. The molecular formula is C34H31N7O3. The van der Waals surface area contributed by atoms with Crippen molar-refractivity contribution < 1.29 is 4.74 Å². The van der Waals surface area contributed by atoms with Crippen LogP contribution in [0.3, 0.4) is 0 Å². The highest BCUT2D eigenvalue weighted by atomic mass is 16.5. The van der Waals surface area contributed by atoms with Crippen LogP contribution in [0.5, 0.6) is 5.75 Å². The van der Waals surface area contributed by atoms with E-state index >= 15 is 0 Å². The van der Waals surface area contributed by atoms with E-state index in [4.69, 9.17) is 20.4 Å². The average Bonchev–Trinajstić information content (AvgIpc) is 3.44. The first kappa shape index (κ1) is 27.5. The topological polar surface area (TPSA) is 128 Å². The number of nitrogen functional groups attached to an aromatic ring is 1. The number of imidazole rings is 1. The molecule has 3 aromatic heterocycles. The number of likely N-dealkylation sites (tertiary alicyclic amines) is 1. The Balaban J connectivity index is 1.12. The fourth-order valence-corrected chi connectivity index (χ4v) is 5.93. The molecule has 4 heterocycles. The largest absolute Gasteiger partial charge is 0.491 e. The molecule has 220 valence electrons. The van der Waals surface area contributed by atoms with Crippen molar-refractivity contribution in [1.29, 1.82) is 0 Å². The molecule has 1 saturated heterocycles. The van der Waals surface area contributed by atoms with Crippen LogP contribution in [0.15, 0.2) is 94.8 Å². The van der Waals surface area contributed by atoms with Crippen LogP contribution in [-0.4, -0.2) is 50.7 Å². The quantitative estimate of drug-likeness (QED) is 0.250. The van der Waals surface area contributed by atoms with Crippen molar-refractivity contribution in [3.63, 3.8) is 0 Å². The summed E-state index contributed by atoms with van der Waals surface area (Å²) in [5, 5.41) is 3.22. The smallest absolute Gasteiger partial charge is 0.271 e. The number of fused-ring (bicyclic) bond motifs is 1. The molecule has 0 radical (unpaired) electrons. The molecule has 0 spiro atoms. The second-order valence-electron chi connectivity index (χ2n) is 11.1. The number of hydrogen-bond donors (Lipinski definition) is 2. The highest BCUT2D eigenvalue weighted by Gasteiger charge is 2.26. The zero-order valence-electron chi connectivity index (χ0n) is 24.2. The molecule has 1 aliphatic rings. The molecule has 10 heteroatoms. The van der Waals surface area contributed by atoms with Crippen LogP contribution in [0.25, 0.3) is 39.4 Å². The van der Waals surface area contributed by atoms with Gasteiger partial charge in [-0.05, 0) is 54.3 Å². The highest BCUT2D eigenvalue weighted by Crippen LogP contribution is 2.32.